The van der Waals surface area contributed by atoms with Crippen LogP contribution >= 0.6 is 0 Å². The van der Waals surface area contributed by atoms with Crippen LogP contribution < -0.4 is 5.73 Å². The van der Waals surface area contributed by atoms with Crippen LogP contribution in [0.5, 0.6) is 0 Å². The van der Waals surface area contributed by atoms with Crippen LogP contribution in [-0.4, -0.2) is 0 Å². The molecule has 0 spiro atoms. The van der Waals surface area contributed by atoms with E-state index in [0.29, 0.717) is 0 Å². The highest BCUT2D eigenvalue weighted by atomic mass is 16.3. The van der Waals surface area contributed by atoms with Gasteiger partial charge in [0.2, 0.25) is 0 Å². The van der Waals surface area contributed by atoms with Crippen LogP contribution in [0.4, 0.5) is 0 Å². The van der Waals surface area contributed by atoms with Crippen LogP contribution in [0.25, 0.3) is 0 Å². The molecule has 3 rings (SSSR count). The Balaban J connectivity index is 1.90. The maximum absolute atomic E-state index is 6.44. The zero-order valence-corrected chi connectivity index (χ0v) is 10.7. The van der Waals surface area contributed by atoms with Crippen molar-refractivity contribution in [2.75, 3.05) is 0 Å². The van der Waals surface area contributed by atoms with Crippen molar-refractivity contribution in [1.82, 2.24) is 0 Å². The topological polar surface area (TPSA) is 39.2 Å². The fraction of sp³-hybridized carbons (Fsp3) is 0.375. The van der Waals surface area contributed by atoms with Crippen LogP contribution in [0.15, 0.2) is 46.9 Å². The van der Waals surface area contributed by atoms with Gasteiger partial charge in [-0.25, -0.2) is 0 Å². The highest BCUT2D eigenvalue weighted by molar-refractivity contribution is 5.36. The van der Waals surface area contributed by atoms with Crippen LogP contribution in [-0.2, 0) is 11.8 Å². The van der Waals surface area contributed by atoms with E-state index in [0.717, 1.165) is 30.8 Å². The van der Waals surface area contributed by atoms with Crippen LogP contribution in [0.2, 0.25) is 0 Å². The molecule has 1 aromatic carbocycles. The van der Waals surface area contributed by atoms with Gasteiger partial charge in [-0.05, 0) is 30.5 Å². The Kier molecular flexibility index (Phi) is 2.75. The summed E-state index contributed by atoms with van der Waals surface area (Å²) in [4.78, 5) is 0. The fourth-order valence-corrected chi connectivity index (χ4v) is 2.71. The van der Waals surface area contributed by atoms with Crippen LogP contribution in [0, 0.1) is 0 Å². The molecule has 1 unspecified atom stereocenters. The monoisotopic (exact) mass is 241 g/mol. The molecule has 0 aliphatic heterocycles. The molecule has 1 fully saturated rings. The van der Waals surface area contributed by atoms with E-state index in [2.05, 4.69) is 31.2 Å². The highest BCUT2D eigenvalue weighted by Gasteiger charge is 2.50. The number of benzene rings is 1. The Hall–Kier alpha value is -1.54. The van der Waals surface area contributed by atoms with E-state index in [9.17, 15) is 0 Å². The summed E-state index contributed by atoms with van der Waals surface area (Å²) in [5.74, 6) is 1.94. The summed E-state index contributed by atoms with van der Waals surface area (Å²) in [5, 5.41) is 0. The average Bonchev–Trinajstić information content (AvgIpc) is 3.10. The van der Waals surface area contributed by atoms with E-state index < -0.39 is 0 Å². The molecule has 1 atom stereocenters. The lowest BCUT2D eigenvalue weighted by atomic mass is 9.87. The Bertz CT molecular complexity index is 525. The number of hydrogen-bond donors (Lipinski definition) is 1. The van der Waals surface area contributed by atoms with Crippen molar-refractivity contribution in [2.24, 2.45) is 5.73 Å². The summed E-state index contributed by atoms with van der Waals surface area (Å²) in [6.45, 7) is 2.10. The Morgan fingerprint density at radius 1 is 1.17 bits per heavy atom. The van der Waals surface area contributed by atoms with E-state index in [-0.39, 0.29) is 11.5 Å². The van der Waals surface area contributed by atoms with Crippen molar-refractivity contribution < 1.29 is 4.42 Å². The predicted molar refractivity (Wildman–Crippen MR) is 72.4 cm³/mol. The van der Waals surface area contributed by atoms with Gasteiger partial charge in [0.15, 0.2) is 0 Å². The molecule has 1 aliphatic rings. The molecule has 1 saturated carbocycles. The Morgan fingerprint density at radius 2 is 1.89 bits per heavy atom. The van der Waals surface area contributed by atoms with Gasteiger partial charge in [0, 0.05) is 11.8 Å². The van der Waals surface area contributed by atoms with Crippen LogP contribution in [0.3, 0.4) is 0 Å². The third-order valence-corrected chi connectivity index (χ3v) is 4.07. The maximum Gasteiger partial charge on any atom is 0.121 e. The number of furan rings is 1. The molecule has 2 N–H and O–H groups in total. The fourth-order valence-electron chi connectivity index (χ4n) is 2.71. The minimum atomic E-state index is -0.0276. The first-order chi connectivity index (χ1) is 8.76. The molecular weight excluding hydrogens is 222 g/mol. The summed E-state index contributed by atoms with van der Waals surface area (Å²) in [7, 11) is 0. The van der Waals surface area contributed by atoms with E-state index in [1.807, 2.05) is 18.2 Å². The molecule has 0 amide bonds. The molecule has 94 valence electrons. The number of aryl methyl sites for hydroxylation is 1. The SMILES string of the molecule is CCc1ccc(C(N)C2(c3ccccc3)CC2)o1. The first-order valence-electron chi connectivity index (χ1n) is 6.66. The van der Waals surface area contributed by atoms with Crippen molar-refractivity contribution in [3.05, 3.63) is 59.5 Å². The van der Waals surface area contributed by atoms with Gasteiger partial charge in [0.05, 0.1) is 6.04 Å². The summed E-state index contributed by atoms with van der Waals surface area (Å²) >= 11 is 0. The second-order valence-electron chi connectivity index (χ2n) is 5.16. The molecule has 2 nitrogen and oxygen atoms in total. The minimum Gasteiger partial charge on any atom is -0.464 e. The van der Waals surface area contributed by atoms with Crippen molar-refractivity contribution in [3.63, 3.8) is 0 Å². The van der Waals surface area contributed by atoms with Gasteiger partial charge in [-0.3, -0.25) is 0 Å². The third kappa shape index (κ3) is 1.77. The van der Waals surface area contributed by atoms with Crippen molar-refractivity contribution in [2.45, 2.75) is 37.6 Å². The summed E-state index contributed by atoms with van der Waals surface area (Å²) in [6, 6.07) is 14.6. The third-order valence-electron chi connectivity index (χ3n) is 4.07. The molecular formula is C16H19NO. The lowest BCUT2D eigenvalue weighted by Crippen LogP contribution is -2.25. The molecule has 2 aromatic rings. The smallest absolute Gasteiger partial charge is 0.121 e. The van der Waals surface area contributed by atoms with Gasteiger partial charge in [-0.1, -0.05) is 37.3 Å². The summed E-state index contributed by atoms with van der Waals surface area (Å²) in [5.41, 5.74) is 7.88. The van der Waals surface area contributed by atoms with E-state index in [1.165, 1.54) is 5.56 Å². The van der Waals surface area contributed by atoms with Gasteiger partial charge >= 0.3 is 0 Å². The molecule has 0 radical (unpaired) electrons. The van der Waals surface area contributed by atoms with E-state index in [1.54, 1.807) is 0 Å². The molecule has 2 heteroatoms. The Labute approximate surface area is 108 Å². The summed E-state index contributed by atoms with van der Waals surface area (Å²) in [6.07, 6.45) is 3.23. The molecule has 1 aliphatic carbocycles. The largest absolute Gasteiger partial charge is 0.464 e. The van der Waals surface area contributed by atoms with Gasteiger partial charge in [-0.15, -0.1) is 0 Å². The number of nitrogens with two attached hydrogens (primary N) is 1. The van der Waals surface area contributed by atoms with Crippen LogP contribution in [0.1, 0.15) is 42.9 Å². The zero-order chi connectivity index (χ0) is 12.6. The lowest BCUT2D eigenvalue weighted by Gasteiger charge is -2.22. The molecule has 18 heavy (non-hydrogen) atoms. The minimum absolute atomic E-state index is 0.0276. The van der Waals surface area contributed by atoms with E-state index >= 15 is 0 Å². The zero-order valence-electron chi connectivity index (χ0n) is 10.7. The quantitative estimate of drug-likeness (QED) is 0.888. The second-order valence-corrected chi connectivity index (χ2v) is 5.16. The maximum atomic E-state index is 6.44. The normalized spacial score (nSPS) is 18.6. The lowest BCUT2D eigenvalue weighted by molar-refractivity contribution is 0.394. The first-order valence-corrected chi connectivity index (χ1v) is 6.66. The molecule has 0 saturated heterocycles. The predicted octanol–water partition coefficient (Wildman–Crippen LogP) is 3.57. The summed E-state index contributed by atoms with van der Waals surface area (Å²) < 4.78 is 5.82. The average molecular weight is 241 g/mol. The molecule has 0 bridgehead atoms. The first kappa shape index (κ1) is 11.5. The number of hydrogen-bond acceptors (Lipinski definition) is 2. The standard InChI is InChI=1S/C16H19NO/c1-2-13-8-9-14(18-13)15(17)16(10-11-16)12-6-4-3-5-7-12/h3-9,15H,2,10-11,17H2,1H3. The molecule has 1 aromatic heterocycles. The van der Waals surface area contributed by atoms with Crippen molar-refractivity contribution >= 4 is 0 Å². The van der Waals surface area contributed by atoms with Gasteiger partial charge in [0.1, 0.15) is 11.5 Å². The van der Waals surface area contributed by atoms with E-state index in [4.69, 9.17) is 10.2 Å². The Morgan fingerprint density at radius 3 is 2.44 bits per heavy atom. The van der Waals surface area contributed by atoms with Crippen molar-refractivity contribution in [1.29, 1.82) is 0 Å². The highest BCUT2D eigenvalue weighted by Crippen LogP contribution is 2.55. The van der Waals surface area contributed by atoms with Gasteiger partial charge < -0.3 is 10.2 Å². The van der Waals surface area contributed by atoms with Gasteiger partial charge in [-0.2, -0.15) is 0 Å². The second kappa shape index (κ2) is 4.29. The van der Waals surface area contributed by atoms with Gasteiger partial charge in [0.25, 0.3) is 0 Å². The van der Waals surface area contributed by atoms with Crippen molar-refractivity contribution in [3.8, 4) is 0 Å². The molecule has 1 heterocycles. The number of rotatable bonds is 4.